The second kappa shape index (κ2) is 10.1. The fraction of sp³-hybridized carbons (Fsp3) is 0.227. The molecule has 2 N–H and O–H groups in total. The van der Waals surface area contributed by atoms with Gasteiger partial charge in [-0.15, -0.1) is 0 Å². The topological polar surface area (TPSA) is 126 Å². The summed E-state index contributed by atoms with van der Waals surface area (Å²) in [6, 6.07) is 14.4. The maximum absolute atomic E-state index is 13.1. The smallest absolute Gasteiger partial charge is 0.335 e. The van der Waals surface area contributed by atoms with Gasteiger partial charge in [-0.25, -0.2) is 14.5 Å². The van der Waals surface area contributed by atoms with E-state index < -0.39 is 5.97 Å². The van der Waals surface area contributed by atoms with Crippen LogP contribution in [0, 0.1) is 5.92 Å². The summed E-state index contributed by atoms with van der Waals surface area (Å²) in [5.74, 6) is -0.566. The Bertz CT molecular complexity index is 1030. The van der Waals surface area contributed by atoms with Crippen LogP contribution in [0.15, 0.2) is 61.2 Å². The molecule has 0 aliphatic carbocycles. The number of likely N-dealkylation sites (tertiary alicyclic amines) is 1. The van der Waals surface area contributed by atoms with Crippen molar-refractivity contribution in [1.29, 1.82) is 0 Å². The van der Waals surface area contributed by atoms with E-state index in [0.717, 1.165) is 24.1 Å². The lowest BCUT2D eigenvalue weighted by Crippen LogP contribution is -2.30. The van der Waals surface area contributed by atoms with Gasteiger partial charge in [0.15, 0.2) is 0 Å². The van der Waals surface area contributed by atoms with Crippen molar-refractivity contribution < 1.29 is 24.6 Å². The molecule has 1 aliphatic heterocycles. The molecule has 1 aromatic heterocycles. The van der Waals surface area contributed by atoms with E-state index >= 15 is 0 Å². The molecule has 1 atom stereocenters. The molecule has 9 nitrogen and oxygen atoms in total. The van der Waals surface area contributed by atoms with Gasteiger partial charge in [0.2, 0.25) is 0 Å². The number of para-hydroxylation sites is 1. The molecule has 0 bridgehead atoms. The summed E-state index contributed by atoms with van der Waals surface area (Å²) < 4.78 is 1.60. The first-order chi connectivity index (χ1) is 15.0. The number of hydrogen-bond donors (Lipinski definition) is 2. The number of carbonyl (C=O) groups excluding carboxylic acids is 1. The number of carbonyl (C=O) groups is 3. The van der Waals surface area contributed by atoms with E-state index in [4.69, 9.17) is 15.0 Å². The predicted octanol–water partition coefficient (Wildman–Crippen LogP) is 2.37. The Kier molecular flexibility index (Phi) is 7.10. The minimum Gasteiger partial charge on any atom is -0.483 e. The van der Waals surface area contributed by atoms with Gasteiger partial charge >= 0.3 is 5.97 Å². The Hall–Kier alpha value is -4.01. The van der Waals surface area contributed by atoms with Crippen molar-refractivity contribution in [2.24, 2.45) is 5.92 Å². The van der Waals surface area contributed by atoms with Crippen LogP contribution in [0.2, 0.25) is 0 Å². The van der Waals surface area contributed by atoms with Gasteiger partial charge in [-0.1, -0.05) is 24.3 Å². The lowest BCUT2D eigenvalue weighted by molar-refractivity contribution is -0.122. The van der Waals surface area contributed by atoms with Crippen molar-refractivity contribution in [3.8, 4) is 5.69 Å². The van der Waals surface area contributed by atoms with Crippen molar-refractivity contribution in [2.45, 2.75) is 12.8 Å². The molecule has 1 aliphatic rings. The molecule has 160 valence electrons. The molecule has 1 unspecified atom stereocenters. The third-order valence-electron chi connectivity index (χ3n) is 5.10. The number of rotatable bonds is 5. The molecule has 1 amide bonds. The summed E-state index contributed by atoms with van der Waals surface area (Å²) in [5.41, 5.74) is 2.71. The van der Waals surface area contributed by atoms with Crippen LogP contribution in [-0.2, 0) is 11.2 Å². The Morgan fingerprint density at radius 2 is 1.84 bits per heavy atom. The first kappa shape index (κ1) is 21.7. The molecule has 31 heavy (non-hydrogen) atoms. The third kappa shape index (κ3) is 5.33. The highest BCUT2D eigenvalue weighted by Crippen LogP contribution is 2.24. The lowest BCUT2D eigenvalue weighted by Gasteiger charge is -2.18. The second-order valence-electron chi connectivity index (χ2n) is 7.07. The molecule has 9 heteroatoms. The average molecular weight is 422 g/mol. The summed E-state index contributed by atoms with van der Waals surface area (Å²) >= 11 is 0. The summed E-state index contributed by atoms with van der Waals surface area (Å²) in [4.78, 5) is 38.3. The van der Waals surface area contributed by atoms with Crippen molar-refractivity contribution in [1.82, 2.24) is 19.7 Å². The van der Waals surface area contributed by atoms with Gasteiger partial charge in [0.05, 0.1) is 16.8 Å². The van der Waals surface area contributed by atoms with Gasteiger partial charge in [-0.3, -0.25) is 9.59 Å². The zero-order chi connectivity index (χ0) is 22.2. The van der Waals surface area contributed by atoms with E-state index in [9.17, 15) is 9.59 Å². The lowest BCUT2D eigenvalue weighted by atomic mass is 9.98. The van der Waals surface area contributed by atoms with Crippen LogP contribution >= 0.6 is 0 Å². The van der Waals surface area contributed by atoms with Crippen LogP contribution in [0.5, 0.6) is 0 Å². The average Bonchev–Trinajstić information content (AvgIpc) is 3.47. The van der Waals surface area contributed by atoms with Gasteiger partial charge in [-0.05, 0) is 48.6 Å². The largest absolute Gasteiger partial charge is 0.483 e. The highest BCUT2D eigenvalue weighted by Gasteiger charge is 2.28. The summed E-state index contributed by atoms with van der Waals surface area (Å²) in [7, 11) is 0. The van der Waals surface area contributed by atoms with Crippen molar-refractivity contribution in [3.05, 3.63) is 77.9 Å². The Morgan fingerprint density at radius 3 is 2.48 bits per heavy atom. The molecule has 0 radical (unpaired) electrons. The standard InChI is InChI=1S/C21H20N4O3.CH2O2/c26-20(18-3-1-2-4-19(18)25-14-22-13-23-25)24-10-9-16(12-24)11-15-5-7-17(8-6-15)21(27)28;2-1-3/h1-8,13-14,16H,9-12H2,(H,27,28);1H,(H,2,3). The first-order valence-corrected chi connectivity index (χ1v) is 9.67. The first-order valence-electron chi connectivity index (χ1n) is 9.67. The van der Waals surface area contributed by atoms with Crippen LogP contribution in [-0.4, -0.2) is 61.3 Å². The van der Waals surface area contributed by atoms with Crippen LogP contribution in [0.3, 0.4) is 0 Å². The number of nitrogens with zero attached hydrogens (tertiary/aromatic N) is 4. The quantitative estimate of drug-likeness (QED) is 0.605. The Labute approximate surface area is 178 Å². The molecule has 1 saturated heterocycles. The predicted molar refractivity (Wildman–Crippen MR) is 111 cm³/mol. The molecule has 0 spiro atoms. The summed E-state index contributed by atoms with van der Waals surface area (Å²) in [5, 5.41) is 20.0. The van der Waals surface area contributed by atoms with E-state index in [0.29, 0.717) is 24.6 Å². The number of hydrogen-bond acceptors (Lipinski definition) is 5. The van der Waals surface area contributed by atoms with Gasteiger partial charge < -0.3 is 15.1 Å². The molecule has 2 aromatic carbocycles. The van der Waals surface area contributed by atoms with Crippen LogP contribution < -0.4 is 0 Å². The number of carboxylic acids is 1. The van der Waals surface area contributed by atoms with Crippen molar-refractivity contribution in [2.75, 3.05) is 13.1 Å². The van der Waals surface area contributed by atoms with Crippen LogP contribution in [0.1, 0.15) is 32.7 Å². The van der Waals surface area contributed by atoms with Gasteiger partial charge in [0.25, 0.3) is 12.4 Å². The van der Waals surface area contributed by atoms with Gasteiger partial charge in [0, 0.05) is 13.1 Å². The molecule has 1 fully saturated rings. The molecule has 4 rings (SSSR count). The number of aromatic nitrogens is 3. The zero-order valence-electron chi connectivity index (χ0n) is 16.7. The van der Waals surface area contributed by atoms with Crippen molar-refractivity contribution >= 4 is 18.3 Å². The van der Waals surface area contributed by atoms with Gasteiger partial charge in [-0.2, -0.15) is 5.10 Å². The Balaban J connectivity index is 0.000000858. The highest BCUT2D eigenvalue weighted by atomic mass is 16.4. The molecular formula is C22H22N4O5. The van der Waals surface area contributed by atoms with E-state index in [1.54, 1.807) is 23.1 Å². The fourth-order valence-electron chi connectivity index (χ4n) is 3.66. The maximum atomic E-state index is 13.1. The minimum absolute atomic E-state index is 0.00479. The Morgan fingerprint density at radius 1 is 1.13 bits per heavy atom. The van der Waals surface area contributed by atoms with E-state index in [1.165, 1.54) is 6.33 Å². The number of amides is 1. The zero-order valence-corrected chi connectivity index (χ0v) is 16.7. The number of carboxylic acid groups (broad SMARTS) is 2. The number of aromatic carboxylic acids is 1. The highest BCUT2D eigenvalue weighted by molar-refractivity contribution is 5.97. The van der Waals surface area contributed by atoms with E-state index in [1.807, 2.05) is 41.3 Å². The third-order valence-corrected chi connectivity index (χ3v) is 5.10. The van der Waals surface area contributed by atoms with E-state index in [-0.39, 0.29) is 17.9 Å². The molecule has 2 heterocycles. The summed E-state index contributed by atoms with van der Waals surface area (Å²) in [6.07, 6.45) is 4.79. The monoisotopic (exact) mass is 422 g/mol. The van der Waals surface area contributed by atoms with E-state index in [2.05, 4.69) is 10.1 Å². The maximum Gasteiger partial charge on any atom is 0.335 e. The number of benzene rings is 2. The molecule has 0 saturated carbocycles. The SMILES string of the molecule is O=C(O)c1ccc(CC2CCN(C(=O)c3ccccc3-n3cncn3)C2)cc1.O=CO. The van der Waals surface area contributed by atoms with Crippen molar-refractivity contribution in [3.63, 3.8) is 0 Å². The summed E-state index contributed by atoms with van der Waals surface area (Å²) in [6.45, 7) is 1.15. The molecule has 3 aromatic rings. The van der Waals surface area contributed by atoms with Crippen LogP contribution in [0.25, 0.3) is 5.69 Å². The van der Waals surface area contributed by atoms with Gasteiger partial charge in [0.1, 0.15) is 12.7 Å². The minimum atomic E-state index is -0.921. The fourth-order valence-corrected chi connectivity index (χ4v) is 3.66. The molecular weight excluding hydrogens is 400 g/mol. The normalized spacial score (nSPS) is 15.1. The second-order valence-corrected chi connectivity index (χ2v) is 7.07. The van der Waals surface area contributed by atoms with Crippen LogP contribution in [0.4, 0.5) is 0 Å².